The summed E-state index contributed by atoms with van der Waals surface area (Å²) in [4.78, 5) is 6.93. The molecular formula is C18H25N3O2. The molecule has 4 rings (SSSR count). The van der Waals surface area contributed by atoms with Gasteiger partial charge >= 0.3 is 0 Å². The topological polar surface area (TPSA) is 46.1 Å². The molecule has 1 aromatic carbocycles. The summed E-state index contributed by atoms with van der Waals surface area (Å²) in [6.07, 6.45) is 5.58. The monoisotopic (exact) mass is 315 g/mol. The van der Waals surface area contributed by atoms with E-state index in [0.717, 1.165) is 48.9 Å². The number of rotatable bonds is 2. The van der Waals surface area contributed by atoms with Crippen molar-refractivity contribution in [1.82, 2.24) is 10.2 Å². The number of ether oxygens (including phenoxy) is 2. The number of hydrogen-bond donors (Lipinski definition) is 1. The van der Waals surface area contributed by atoms with Gasteiger partial charge in [0.15, 0.2) is 17.5 Å². The Morgan fingerprint density at radius 1 is 1.17 bits per heavy atom. The van der Waals surface area contributed by atoms with Gasteiger partial charge in [0.05, 0.1) is 0 Å². The molecular weight excluding hydrogens is 290 g/mol. The summed E-state index contributed by atoms with van der Waals surface area (Å²) < 4.78 is 10.8. The maximum atomic E-state index is 5.45. The molecule has 23 heavy (non-hydrogen) atoms. The Morgan fingerprint density at radius 3 is 2.65 bits per heavy atom. The van der Waals surface area contributed by atoms with E-state index in [-0.39, 0.29) is 0 Å². The highest BCUT2D eigenvalue weighted by Gasteiger charge is 2.35. The van der Waals surface area contributed by atoms with Crippen LogP contribution in [-0.2, 0) is 6.54 Å². The lowest BCUT2D eigenvalue weighted by Gasteiger charge is -2.22. The standard InChI is InChI=1S/C18H25N3O2/c1-19-18(21-10-14-4-2-3-5-15(14)11-21)20-9-13-6-7-16-17(8-13)23-12-22-16/h6-8,14-15H,2-5,9-12H2,1H3,(H,19,20). The van der Waals surface area contributed by atoms with E-state index >= 15 is 0 Å². The molecule has 2 fully saturated rings. The average Bonchev–Trinajstić information content (AvgIpc) is 3.21. The first kappa shape index (κ1) is 14.7. The van der Waals surface area contributed by atoms with E-state index in [1.54, 1.807) is 0 Å². The number of benzene rings is 1. The molecule has 1 aliphatic carbocycles. The number of nitrogens with zero attached hydrogens (tertiary/aromatic N) is 2. The van der Waals surface area contributed by atoms with E-state index in [9.17, 15) is 0 Å². The second-order valence-electron chi connectivity index (χ2n) is 6.80. The Labute approximate surface area is 137 Å². The molecule has 5 nitrogen and oxygen atoms in total. The molecule has 0 radical (unpaired) electrons. The van der Waals surface area contributed by atoms with Crippen LogP contribution in [0.15, 0.2) is 23.2 Å². The Morgan fingerprint density at radius 2 is 1.91 bits per heavy atom. The Balaban J connectivity index is 1.37. The number of guanidine groups is 1. The van der Waals surface area contributed by atoms with Crippen molar-refractivity contribution in [3.05, 3.63) is 23.8 Å². The fourth-order valence-corrected chi connectivity index (χ4v) is 4.14. The van der Waals surface area contributed by atoms with Crippen LogP contribution in [0.4, 0.5) is 0 Å². The zero-order valence-corrected chi connectivity index (χ0v) is 13.8. The number of hydrogen-bond acceptors (Lipinski definition) is 3. The predicted molar refractivity (Wildman–Crippen MR) is 89.8 cm³/mol. The third-order valence-corrected chi connectivity index (χ3v) is 5.38. The summed E-state index contributed by atoms with van der Waals surface area (Å²) in [5.74, 6) is 4.44. The second kappa shape index (κ2) is 6.30. The minimum atomic E-state index is 0.324. The molecule has 2 heterocycles. The van der Waals surface area contributed by atoms with Crippen LogP contribution < -0.4 is 14.8 Å². The molecule has 1 saturated heterocycles. The number of aliphatic imine (C=N–C) groups is 1. The van der Waals surface area contributed by atoms with Crippen LogP contribution >= 0.6 is 0 Å². The summed E-state index contributed by atoms with van der Waals surface area (Å²) in [6.45, 7) is 3.40. The SMILES string of the molecule is CN=C(NCc1ccc2c(c1)OCO2)N1CC2CCCCC2C1. The van der Waals surface area contributed by atoms with Gasteiger partial charge in [0, 0.05) is 26.7 Å². The molecule has 3 aliphatic rings. The van der Waals surface area contributed by atoms with Crippen LogP contribution in [0.25, 0.3) is 0 Å². The summed E-state index contributed by atoms with van der Waals surface area (Å²) >= 11 is 0. The fourth-order valence-electron chi connectivity index (χ4n) is 4.14. The molecule has 2 unspecified atom stereocenters. The third kappa shape index (κ3) is 2.96. The molecule has 5 heteroatoms. The van der Waals surface area contributed by atoms with Gasteiger partial charge in [-0.2, -0.15) is 0 Å². The maximum Gasteiger partial charge on any atom is 0.231 e. The van der Waals surface area contributed by atoms with Crippen molar-refractivity contribution in [1.29, 1.82) is 0 Å². The summed E-state index contributed by atoms with van der Waals surface area (Å²) in [5.41, 5.74) is 1.19. The van der Waals surface area contributed by atoms with Crippen molar-refractivity contribution < 1.29 is 9.47 Å². The lowest BCUT2D eigenvalue weighted by molar-refractivity contribution is 0.174. The molecule has 0 aromatic heterocycles. The second-order valence-corrected chi connectivity index (χ2v) is 6.80. The van der Waals surface area contributed by atoms with Gasteiger partial charge in [-0.25, -0.2) is 0 Å². The highest BCUT2D eigenvalue weighted by atomic mass is 16.7. The van der Waals surface area contributed by atoms with Crippen molar-refractivity contribution in [2.24, 2.45) is 16.8 Å². The van der Waals surface area contributed by atoms with Crippen molar-refractivity contribution in [2.45, 2.75) is 32.2 Å². The van der Waals surface area contributed by atoms with Crippen LogP contribution in [0.3, 0.4) is 0 Å². The van der Waals surface area contributed by atoms with Gasteiger partial charge in [-0.3, -0.25) is 4.99 Å². The van der Waals surface area contributed by atoms with Crippen LogP contribution in [0.1, 0.15) is 31.2 Å². The molecule has 0 bridgehead atoms. The summed E-state index contributed by atoms with van der Waals surface area (Å²) in [7, 11) is 1.88. The van der Waals surface area contributed by atoms with E-state index in [1.807, 2.05) is 19.2 Å². The maximum absolute atomic E-state index is 5.45. The quantitative estimate of drug-likeness (QED) is 0.673. The van der Waals surface area contributed by atoms with Gasteiger partial charge in [0.1, 0.15) is 0 Å². The molecule has 1 saturated carbocycles. The first-order chi connectivity index (χ1) is 11.3. The minimum absolute atomic E-state index is 0.324. The molecule has 124 valence electrons. The lowest BCUT2D eigenvalue weighted by atomic mass is 9.82. The van der Waals surface area contributed by atoms with Gasteiger partial charge < -0.3 is 19.7 Å². The zero-order chi connectivity index (χ0) is 15.6. The molecule has 1 N–H and O–H groups in total. The lowest BCUT2D eigenvalue weighted by Crippen LogP contribution is -2.39. The summed E-state index contributed by atoms with van der Waals surface area (Å²) in [5, 5.41) is 3.51. The van der Waals surface area contributed by atoms with E-state index in [0.29, 0.717) is 6.79 Å². The number of fused-ring (bicyclic) bond motifs is 2. The van der Waals surface area contributed by atoms with Crippen molar-refractivity contribution in [3.63, 3.8) is 0 Å². The fraction of sp³-hybridized carbons (Fsp3) is 0.611. The zero-order valence-electron chi connectivity index (χ0n) is 13.8. The Bertz CT molecular complexity index is 588. The largest absolute Gasteiger partial charge is 0.454 e. The number of likely N-dealkylation sites (tertiary alicyclic amines) is 1. The normalized spacial score (nSPS) is 26.3. The van der Waals surface area contributed by atoms with Crippen LogP contribution in [0.5, 0.6) is 11.5 Å². The van der Waals surface area contributed by atoms with E-state index in [1.165, 1.54) is 31.2 Å². The molecule has 0 amide bonds. The first-order valence-electron chi connectivity index (χ1n) is 8.67. The van der Waals surface area contributed by atoms with Crippen LogP contribution in [-0.4, -0.2) is 37.8 Å². The third-order valence-electron chi connectivity index (χ3n) is 5.38. The Kier molecular flexibility index (Phi) is 4.02. The van der Waals surface area contributed by atoms with Crippen molar-refractivity contribution in [3.8, 4) is 11.5 Å². The molecule has 2 aliphatic heterocycles. The first-order valence-corrected chi connectivity index (χ1v) is 8.67. The average molecular weight is 315 g/mol. The van der Waals surface area contributed by atoms with Gasteiger partial charge in [-0.15, -0.1) is 0 Å². The van der Waals surface area contributed by atoms with E-state index in [4.69, 9.17) is 9.47 Å². The molecule has 1 aromatic rings. The highest BCUT2D eigenvalue weighted by Crippen LogP contribution is 2.36. The Hall–Kier alpha value is -1.91. The van der Waals surface area contributed by atoms with Crippen LogP contribution in [0.2, 0.25) is 0 Å². The van der Waals surface area contributed by atoms with Crippen molar-refractivity contribution >= 4 is 5.96 Å². The molecule has 2 atom stereocenters. The van der Waals surface area contributed by atoms with Gasteiger partial charge in [-0.1, -0.05) is 18.9 Å². The van der Waals surface area contributed by atoms with Gasteiger partial charge in [0.2, 0.25) is 6.79 Å². The van der Waals surface area contributed by atoms with Gasteiger partial charge in [-0.05, 0) is 42.4 Å². The van der Waals surface area contributed by atoms with E-state index in [2.05, 4.69) is 21.3 Å². The molecule has 0 spiro atoms. The summed E-state index contributed by atoms with van der Waals surface area (Å²) in [6, 6.07) is 6.11. The van der Waals surface area contributed by atoms with E-state index < -0.39 is 0 Å². The number of nitrogens with one attached hydrogen (secondary N) is 1. The predicted octanol–water partition coefficient (Wildman–Crippen LogP) is 2.61. The van der Waals surface area contributed by atoms with Crippen LogP contribution in [0, 0.1) is 11.8 Å². The smallest absolute Gasteiger partial charge is 0.231 e. The highest BCUT2D eigenvalue weighted by molar-refractivity contribution is 5.80. The van der Waals surface area contributed by atoms with Crippen molar-refractivity contribution in [2.75, 3.05) is 26.9 Å². The minimum Gasteiger partial charge on any atom is -0.454 e. The van der Waals surface area contributed by atoms with Gasteiger partial charge in [0.25, 0.3) is 0 Å².